The summed E-state index contributed by atoms with van der Waals surface area (Å²) in [7, 11) is 0. The highest BCUT2D eigenvalue weighted by Crippen LogP contribution is 2.26. The summed E-state index contributed by atoms with van der Waals surface area (Å²) < 4.78 is 0. The summed E-state index contributed by atoms with van der Waals surface area (Å²) in [4.78, 5) is 39.1. The van der Waals surface area contributed by atoms with E-state index < -0.39 is 0 Å². The molecule has 2 fully saturated rings. The summed E-state index contributed by atoms with van der Waals surface area (Å²) in [5.74, 6) is 1.28. The van der Waals surface area contributed by atoms with E-state index in [0.717, 1.165) is 61.1 Å². The summed E-state index contributed by atoms with van der Waals surface area (Å²) in [5.41, 5.74) is 9.33. The number of H-pyrrole nitrogens is 1. The molecule has 0 aromatic carbocycles. The Balaban J connectivity index is 1.14. The number of amides is 2. The topological polar surface area (TPSA) is 155 Å². The molecule has 0 atom stereocenters. The van der Waals surface area contributed by atoms with E-state index in [2.05, 4.69) is 40.7 Å². The van der Waals surface area contributed by atoms with Gasteiger partial charge in [-0.25, -0.2) is 15.0 Å². The molecule has 180 valence electrons. The largest absolute Gasteiger partial charge is 0.384 e. The standard InChI is InChI=1S/C23H25N9O2S/c24-19-2-1-15(20(30-19)16-12-27-28-13-16)11-25-10-14-4-7-32(8-5-14)22-26-6-3-17(29-22)9-18-21(33)31-23(34)35-18/h1-3,6,9,12-14,25H,4-5,7-8,10-11H2,(H2,24,30)(H,27,28)(H,31,33,34). The molecule has 0 aliphatic carbocycles. The number of nitrogens with one attached hydrogen (secondary N) is 3. The number of hydrogen-bond donors (Lipinski definition) is 4. The summed E-state index contributed by atoms with van der Waals surface area (Å²) in [6.07, 6.45) is 8.90. The Kier molecular flexibility index (Phi) is 6.73. The van der Waals surface area contributed by atoms with E-state index >= 15 is 0 Å². The first-order valence-electron chi connectivity index (χ1n) is 11.3. The Hall–Kier alpha value is -3.77. The number of aromatic amines is 1. The van der Waals surface area contributed by atoms with Gasteiger partial charge in [0.1, 0.15) is 5.82 Å². The molecule has 2 aliphatic rings. The molecule has 0 unspecified atom stereocenters. The minimum atomic E-state index is -0.389. The fourth-order valence-corrected chi connectivity index (χ4v) is 4.84. The number of aromatic nitrogens is 5. The predicted molar refractivity (Wildman–Crippen MR) is 134 cm³/mol. The van der Waals surface area contributed by atoms with E-state index in [1.165, 1.54) is 0 Å². The Labute approximate surface area is 206 Å². The molecule has 5 heterocycles. The van der Waals surface area contributed by atoms with Crippen LogP contribution in [-0.2, 0) is 11.3 Å². The van der Waals surface area contributed by atoms with E-state index in [-0.39, 0.29) is 11.1 Å². The van der Waals surface area contributed by atoms with Gasteiger partial charge in [-0.3, -0.25) is 20.0 Å². The van der Waals surface area contributed by atoms with Crippen LogP contribution in [0.1, 0.15) is 24.1 Å². The lowest BCUT2D eigenvalue weighted by Crippen LogP contribution is -2.38. The highest BCUT2D eigenvalue weighted by Gasteiger charge is 2.26. The van der Waals surface area contributed by atoms with Crippen LogP contribution in [0.2, 0.25) is 0 Å². The zero-order valence-electron chi connectivity index (χ0n) is 18.9. The van der Waals surface area contributed by atoms with Crippen LogP contribution in [0.15, 0.2) is 41.7 Å². The minimum Gasteiger partial charge on any atom is -0.384 e. The highest BCUT2D eigenvalue weighted by molar-refractivity contribution is 8.18. The fourth-order valence-electron chi connectivity index (χ4n) is 4.17. The molecule has 0 saturated carbocycles. The van der Waals surface area contributed by atoms with Gasteiger partial charge in [0, 0.05) is 37.6 Å². The van der Waals surface area contributed by atoms with Crippen LogP contribution in [0.25, 0.3) is 17.3 Å². The lowest BCUT2D eigenvalue weighted by atomic mass is 9.97. The molecule has 0 bridgehead atoms. The first-order valence-corrected chi connectivity index (χ1v) is 12.1. The van der Waals surface area contributed by atoms with Crippen molar-refractivity contribution >= 4 is 40.8 Å². The molecule has 35 heavy (non-hydrogen) atoms. The van der Waals surface area contributed by atoms with Crippen molar-refractivity contribution < 1.29 is 9.59 Å². The van der Waals surface area contributed by atoms with Gasteiger partial charge in [-0.05, 0) is 60.8 Å². The van der Waals surface area contributed by atoms with Crippen molar-refractivity contribution in [2.24, 2.45) is 5.92 Å². The number of hydrogen-bond acceptors (Lipinski definition) is 10. The third-order valence-electron chi connectivity index (χ3n) is 6.00. The molecule has 11 nitrogen and oxygen atoms in total. The molecule has 5 rings (SSSR count). The number of carbonyl (C=O) groups excluding carboxylic acids is 2. The second kappa shape index (κ2) is 10.2. The Bertz CT molecular complexity index is 1250. The van der Waals surface area contributed by atoms with Crippen LogP contribution >= 0.6 is 11.8 Å². The molecule has 3 aromatic heterocycles. The number of pyridine rings is 1. The number of anilines is 2. The third kappa shape index (κ3) is 5.49. The molecular formula is C23H25N9O2S. The summed E-state index contributed by atoms with van der Waals surface area (Å²) in [6.45, 7) is 3.30. The second-order valence-electron chi connectivity index (χ2n) is 8.43. The fraction of sp³-hybridized carbons (Fsp3) is 0.304. The zero-order chi connectivity index (χ0) is 24.2. The van der Waals surface area contributed by atoms with Crippen LogP contribution in [0.3, 0.4) is 0 Å². The zero-order valence-corrected chi connectivity index (χ0v) is 19.7. The number of imide groups is 1. The molecule has 0 spiro atoms. The number of nitrogens with zero attached hydrogens (tertiary/aromatic N) is 5. The third-order valence-corrected chi connectivity index (χ3v) is 6.81. The summed E-state index contributed by atoms with van der Waals surface area (Å²) in [5, 5.41) is 12.3. The monoisotopic (exact) mass is 491 g/mol. The van der Waals surface area contributed by atoms with Gasteiger partial charge in [0.05, 0.1) is 22.5 Å². The predicted octanol–water partition coefficient (Wildman–Crippen LogP) is 2.17. The van der Waals surface area contributed by atoms with Crippen LogP contribution < -0.4 is 21.3 Å². The Morgan fingerprint density at radius 2 is 2.06 bits per heavy atom. The maximum Gasteiger partial charge on any atom is 0.290 e. The van der Waals surface area contributed by atoms with Crippen molar-refractivity contribution in [3.8, 4) is 11.3 Å². The van der Waals surface area contributed by atoms with Crippen molar-refractivity contribution in [2.75, 3.05) is 30.3 Å². The van der Waals surface area contributed by atoms with Gasteiger partial charge < -0.3 is 16.0 Å². The van der Waals surface area contributed by atoms with E-state index in [9.17, 15) is 9.59 Å². The number of nitrogen functional groups attached to an aromatic ring is 1. The average Bonchev–Trinajstić information content (AvgIpc) is 3.50. The summed E-state index contributed by atoms with van der Waals surface area (Å²) >= 11 is 0.883. The molecule has 2 saturated heterocycles. The van der Waals surface area contributed by atoms with Gasteiger partial charge in [0.2, 0.25) is 5.95 Å². The van der Waals surface area contributed by atoms with Crippen molar-refractivity contribution in [3.63, 3.8) is 0 Å². The van der Waals surface area contributed by atoms with Crippen LogP contribution in [0.4, 0.5) is 16.6 Å². The van der Waals surface area contributed by atoms with E-state index in [1.54, 1.807) is 24.5 Å². The maximum atomic E-state index is 11.8. The van der Waals surface area contributed by atoms with Gasteiger partial charge in [-0.2, -0.15) is 5.10 Å². The SMILES string of the molecule is Nc1ccc(CNCC2CCN(c3nccc(C=C4SC(=O)NC4=O)n3)CC2)c(-c2cn[nH]c2)n1. The Morgan fingerprint density at radius 1 is 1.20 bits per heavy atom. The smallest absolute Gasteiger partial charge is 0.290 e. The first-order chi connectivity index (χ1) is 17.0. The van der Waals surface area contributed by atoms with Crippen molar-refractivity contribution in [1.29, 1.82) is 0 Å². The normalized spacial score (nSPS) is 17.8. The number of nitrogens with two attached hydrogens (primary N) is 1. The quantitative estimate of drug-likeness (QED) is 0.361. The van der Waals surface area contributed by atoms with E-state index in [0.29, 0.717) is 34.8 Å². The Morgan fingerprint density at radius 3 is 2.80 bits per heavy atom. The van der Waals surface area contributed by atoms with Crippen molar-refractivity contribution in [1.82, 2.24) is 35.8 Å². The molecule has 5 N–H and O–H groups in total. The number of piperidine rings is 1. The highest BCUT2D eigenvalue weighted by atomic mass is 32.2. The first kappa shape index (κ1) is 23.0. The number of thioether (sulfide) groups is 1. The van der Waals surface area contributed by atoms with Crippen LogP contribution in [0.5, 0.6) is 0 Å². The molecule has 12 heteroatoms. The van der Waals surface area contributed by atoms with Gasteiger partial charge >= 0.3 is 0 Å². The van der Waals surface area contributed by atoms with Crippen LogP contribution in [-0.4, -0.2) is 55.9 Å². The maximum absolute atomic E-state index is 11.8. The lowest BCUT2D eigenvalue weighted by molar-refractivity contribution is -0.115. The minimum absolute atomic E-state index is 0.344. The molecular weight excluding hydrogens is 466 g/mol. The van der Waals surface area contributed by atoms with Gasteiger partial charge in [-0.15, -0.1) is 0 Å². The lowest BCUT2D eigenvalue weighted by Gasteiger charge is -2.32. The molecule has 2 aliphatic heterocycles. The average molecular weight is 492 g/mol. The van der Waals surface area contributed by atoms with Gasteiger partial charge in [-0.1, -0.05) is 6.07 Å². The molecule has 0 radical (unpaired) electrons. The molecule has 2 amide bonds. The summed E-state index contributed by atoms with van der Waals surface area (Å²) in [6, 6.07) is 5.55. The second-order valence-corrected chi connectivity index (χ2v) is 9.44. The van der Waals surface area contributed by atoms with E-state index in [4.69, 9.17) is 5.73 Å². The number of rotatable bonds is 7. The van der Waals surface area contributed by atoms with Crippen molar-refractivity contribution in [2.45, 2.75) is 19.4 Å². The van der Waals surface area contributed by atoms with Crippen molar-refractivity contribution in [3.05, 3.63) is 53.0 Å². The van der Waals surface area contributed by atoms with Gasteiger partial charge in [0.15, 0.2) is 0 Å². The number of carbonyl (C=O) groups is 2. The van der Waals surface area contributed by atoms with E-state index in [1.807, 2.05) is 18.3 Å². The van der Waals surface area contributed by atoms with Crippen LogP contribution in [0, 0.1) is 5.92 Å². The molecule has 3 aromatic rings. The van der Waals surface area contributed by atoms with Gasteiger partial charge in [0.25, 0.3) is 11.1 Å².